The number of rotatable bonds is 8. The Hall–Kier alpha value is -2.75. The number of sulfonamides is 1. The van der Waals surface area contributed by atoms with Gasteiger partial charge in [0.1, 0.15) is 5.75 Å². The molecule has 1 fully saturated rings. The summed E-state index contributed by atoms with van der Waals surface area (Å²) in [6.07, 6.45) is 6.79. The summed E-state index contributed by atoms with van der Waals surface area (Å²) >= 11 is 1.40. The van der Waals surface area contributed by atoms with Crippen LogP contribution in [0.1, 0.15) is 49.4 Å². The van der Waals surface area contributed by atoms with Crippen molar-refractivity contribution in [3.63, 3.8) is 0 Å². The normalized spacial score (nSPS) is 15.6. The molecule has 0 atom stereocenters. The lowest BCUT2D eigenvalue weighted by Crippen LogP contribution is -2.38. The molecule has 0 N–H and O–H groups in total. The van der Waals surface area contributed by atoms with Gasteiger partial charge in [-0.25, -0.2) is 8.42 Å². The van der Waals surface area contributed by atoms with Crippen LogP contribution in [0.3, 0.4) is 0 Å². The lowest BCUT2D eigenvalue weighted by molar-refractivity contribution is 0.0997. The fourth-order valence-corrected chi connectivity index (χ4v) is 6.91. The van der Waals surface area contributed by atoms with Crippen molar-refractivity contribution in [1.82, 2.24) is 8.87 Å². The van der Waals surface area contributed by atoms with Crippen molar-refractivity contribution in [3.05, 3.63) is 65.5 Å². The number of hydrogen-bond donors (Lipinski definition) is 0. The molecule has 1 aromatic heterocycles. The van der Waals surface area contributed by atoms with E-state index in [1.54, 1.807) is 13.1 Å². The van der Waals surface area contributed by atoms with Gasteiger partial charge in [-0.15, -0.1) is 6.58 Å². The van der Waals surface area contributed by atoms with E-state index in [1.165, 1.54) is 39.9 Å². The summed E-state index contributed by atoms with van der Waals surface area (Å²) in [6.45, 7) is 6.83. The first kappa shape index (κ1) is 25.3. The average molecular weight is 514 g/mol. The molecule has 0 saturated heterocycles. The third kappa shape index (κ3) is 5.42. The minimum atomic E-state index is -3.61. The molecule has 1 amide bonds. The van der Waals surface area contributed by atoms with Gasteiger partial charge in [0.05, 0.1) is 21.7 Å². The first-order valence-electron chi connectivity index (χ1n) is 11.9. The van der Waals surface area contributed by atoms with E-state index < -0.39 is 15.9 Å². The monoisotopic (exact) mass is 513 g/mol. The Balaban J connectivity index is 1.62. The van der Waals surface area contributed by atoms with Crippen LogP contribution in [-0.2, 0) is 16.6 Å². The average Bonchev–Trinajstić information content (AvgIpc) is 3.20. The predicted molar refractivity (Wildman–Crippen MR) is 139 cm³/mol. The summed E-state index contributed by atoms with van der Waals surface area (Å²) in [5.41, 5.74) is 1.28. The summed E-state index contributed by atoms with van der Waals surface area (Å²) < 4.78 is 36.1. The Bertz CT molecular complexity index is 1380. The maximum absolute atomic E-state index is 13.1. The Morgan fingerprint density at radius 2 is 1.91 bits per heavy atom. The van der Waals surface area contributed by atoms with Crippen LogP contribution >= 0.6 is 11.3 Å². The summed E-state index contributed by atoms with van der Waals surface area (Å²) in [4.78, 5) is 18.1. The number of carbonyl (C=O) groups excluding carboxylic acids is 1. The Kier molecular flexibility index (Phi) is 7.88. The van der Waals surface area contributed by atoms with Gasteiger partial charge in [0.15, 0.2) is 4.80 Å². The van der Waals surface area contributed by atoms with Crippen LogP contribution in [0, 0.1) is 0 Å². The first-order chi connectivity index (χ1) is 16.8. The Morgan fingerprint density at radius 1 is 1.20 bits per heavy atom. The highest BCUT2D eigenvalue weighted by Crippen LogP contribution is 2.27. The zero-order chi connectivity index (χ0) is 25.0. The molecule has 186 valence electrons. The number of aromatic nitrogens is 1. The zero-order valence-corrected chi connectivity index (χ0v) is 21.8. The molecular weight excluding hydrogens is 482 g/mol. The molecule has 3 aromatic rings. The van der Waals surface area contributed by atoms with E-state index in [2.05, 4.69) is 11.6 Å². The molecule has 1 saturated carbocycles. The van der Waals surface area contributed by atoms with Crippen molar-refractivity contribution in [2.75, 3.05) is 13.7 Å². The largest absolute Gasteiger partial charge is 0.494 e. The second kappa shape index (κ2) is 10.9. The molecule has 0 bridgehead atoms. The first-order valence-corrected chi connectivity index (χ1v) is 14.1. The highest BCUT2D eigenvalue weighted by atomic mass is 32.2. The quantitative estimate of drug-likeness (QED) is 0.398. The van der Waals surface area contributed by atoms with Gasteiger partial charge in [-0.2, -0.15) is 9.30 Å². The molecule has 0 spiro atoms. The molecule has 2 aromatic carbocycles. The predicted octanol–water partition coefficient (Wildman–Crippen LogP) is 4.98. The van der Waals surface area contributed by atoms with Crippen molar-refractivity contribution in [3.8, 4) is 5.75 Å². The van der Waals surface area contributed by atoms with Gasteiger partial charge in [-0.05, 0) is 62.2 Å². The summed E-state index contributed by atoms with van der Waals surface area (Å²) in [5.74, 6) is 0.337. The maximum Gasteiger partial charge on any atom is 0.279 e. The number of ether oxygens (including phenoxy) is 1. The number of allylic oxidation sites excluding steroid dienone is 1. The molecule has 1 heterocycles. The number of fused-ring (bicyclic) bond motifs is 1. The number of carbonyl (C=O) groups is 1. The molecular formula is C26H31N3O4S2. The molecule has 0 unspecified atom stereocenters. The second-order valence-corrected chi connectivity index (χ2v) is 11.6. The van der Waals surface area contributed by atoms with Crippen LogP contribution in [0.4, 0.5) is 0 Å². The van der Waals surface area contributed by atoms with E-state index in [1.807, 2.05) is 29.7 Å². The SMILES string of the molecule is C=CCn1c(=NC(=O)c2ccc(S(=O)(=O)N(C)C3CCCCC3)cc2)sc2cc(OCC)ccc21. The van der Waals surface area contributed by atoms with Gasteiger partial charge in [0, 0.05) is 25.2 Å². The number of thiazole rings is 1. The number of benzene rings is 2. The molecule has 1 aliphatic rings. The van der Waals surface area contributed by atoms with Crippen LogP contribution in [0.5, 0.6) is 5.75 Å². The number of hydrogen-bond acceptors (Lipinski definition) is 5. The van der Waals surface area contributed by atoms with Crippen LogP contribution < -0.4 is 9.54 Å². The topological polar surface area (TPSA) is 81.0 Å². The third-order valence-electron chi connectivity index (χ3n) is 6.34. The highest BCUT2D eigenvalue weighted by molar-refractivity contribution is 7.89. The zero-order valence-electron chi connectivity index (χ0n) is 20.1. The molecule has 0 radical (unpaired) electrons. The van der Waals surface area contributed by atoms with Crippen molar-refractivity contribution in [2.45, 2.75) is 56.5 Å². The number of amides is 1. The van der Waals surface area contributed by atoms with Crippen molar-refractivity contribution in [1.29, 1.82) is 0 Å². The lowest BCUT2D eigenvalue weighted by Gasteiger charge is -2.30. The molecule has 1 aliphatic carbocycles. The van der Waals surface area contributed by atoms with E-state index in [9.17, 15) is 13.2 Å². The minimum Gasteiger partial charge on any atom is -0.494 e. The van der Waals surface area contributed by atoms with Crippen molar-refractivity contribution < 1.29 is 17.9 Å². The Labute approximate surface area is 210 Å². The van der Waals surface area contributed by atoms with E-state index in [0.29, 0.717) is 23.5 Å². The van der Waals surface area contributed by atoms with Crippen molar-refractivity contribution in [2.24, 2.45) is 4.99 Å². The molecule has 4 rings (SSSR count). The number of nitrogens with zero attached hydrogens (tertiary/aromatic N) is 3. The van der Waals surface area contributed by atoms with Gasteiger partial charge in [-0.3, -0.25) is 4.79 Å². The summed E-state index contributed by atoms with van der Waals surface area (Å²) in [6, 6.07) is 11.9. The fourth-order valence-electron chi connectivity index (χ4n) is 4.43. The van der Waals surface area contributed by atoms with Crippen LogP contribution in [0.2, 0.25) is 0 Å². The van der Waals surface area contributed by atoms with Gasteiger partial charge in [0.2, 0.25) is 10.0 Å². The fraction of sp³-hybridized carbons (Fsp3) is 0.385. The Morgan fingerprint density at radius 3 is 2.57 bits per heavy atom. The van der Waals surface area contributed by atoms with E-state index in [0.717, 1.165) is 48.1 Å². The second-order valence-electron chi connectivity index (χ2n) is 8.60. The summed E-state index contributed by atoms with van der Waals surface area (Å²) in [5, 5.41) is 0. The van der Waals surface area contributed by atoms with Gasteiger partial charge in [-0.1, -0.05) is 36.7 Å². The molecule has 7 nitrogen and oxygen atoms in total. The van der Waals surface area contributed by atoms with Gasteiger partial charge < -0.3 is 9.30 Å². The van der Waals surface area contributed by atoms with Gasteiger partial charge in [0.25, 0.3) is 5.91 Å². The third-order valence-corrected chi connectivity index (χ3v) is 9.31. The van der Waals surface area contributed by atoms with E-state index in [4.69, 9.17) is 4.74 Å². The van der Waals surface area contributed by atoms with Crippen LogP contribution in [0.15, 0.2) is 65.0 Å². The van der Waals surface area contributed by atoms with E-state index >= 15 is 0 Å². The van der Waals surface area contributed by atoms with Crippen LogP contribution in [-0.4, -0.2) is 42.9 Å². The summed E-state index contributed by atoms with van der Waals surface area (Å²) in [7, 11) is -1.96. The minimum absolute atomic E-state index is 0.0292. The standard InChI is InChI=1S/C26H31N3O4S2/c1-4-17-29-23-16-13-21(33-5-2)18-24(23)34-26(29)27-25(30)19-11-14-22(15-12-19)35(31,32)28(3)20-9-7-6-8-10-20/h4,11-16,18,20H,1,5-10,17H2,2-3H3. The van der Waals surface area contributed by atoms with E-state index in [-0.39, 0.29) is 10.9 Å². The van der Waals surface area contributed by atoms with Crippen LogP contribution in [0.25, 0.3) is 10.2 Å². The lowest BCUT2D eigenvalue weighted by atomic mass is 9.96. The molecule has 35 heavy (non-hydrogen) atoms. The molecule has 0 aliphatic heterocycles. The van der Waals surface area contributed by atoms with Crippen molar-refractivity contribution >= 4 is 37.5 Å². The molecule has 9 heteroatoms. The maximum atomic E-state index is 13.1. The highest BCUT2D eigenvalue weighted by Gasteiger charge is 2.29. The smallest absolute Gasteiger partial charge is 0.279 e. The van der Waals surface area contributed by atoms with Gasteiger partial charge >= 0.3 is 0 Å².